The van der Waals surface area contributed by atoms with Crippen molar-refractivity contribution in [3.8, 4) is 5.88 Å². The van der Waals surface area contributed by atoms with E-state index < -0.39 is 6.03 Å². The van der Waals surface area contributed by atoms with Crippen LogP contribution >= 0.6 is 22.9 Å². The van der Waals surface area contributed by atoms with E-state index in [4.69, 9.17) is 26.1 Å². The summed E-state index contributed by atoms with van der Waals surface area (Å²) in [6, 6.07) is 1.55. The highest BCUT2D eigenvalue weighted by atomic mass is 35.5. The third-order valence-electron chi connectivity index (χ3n) is 4.82. The van der Waals surface area contributed by atoms with Gasteiger partial charge in [0.1, 0.15) is 15.4 Å². The number of hydrogen-bond acceptors (Lipinski definition) is 8. The number of carbonyl (C=O) groups excluding carboxylic acids is 1. The molecule has 31 heavy (non-hydrogen) atoms. The van der Waals surface area contributed by atoms with Gasteiger partial charge in [-0.2, -0.15) is 0 Å². The normalized spacial score (nSPS) is 13.3. The maximum absolute atomic E-state index is 12.8. The van der Waals surface area contributed by atoms with Crippen molar-refractivity contribution in [3.63, 3.8) is 0 Å². The van der Waals surface area contributed by atoms with Gasteiger partial charge in [0.2, 0.25) is 5.88 Å². The van der Waals surface area contributed by atoms with Crippen molar-refractivity contribution >= 4 is 56.4 Å². The van der Waals surface area contributed by atoms with Crippen molar-refractivity contribution in [1.29, 1.82) is 0 Å². The van der Waals surface area contributed by atoms with Crippen LogP contribution < -0.4 is 20.3 Å². The summed E-state index contributed by atoms with van der Waals surface area (Å²) < 4.78 is 10.4. The highest BCUT2D eigenvalue weighted by Crippen LogP contribution is 2.41. The van der Waals surface area contributed by atoms with E-state index in [1.165, 1.54) is 24.6 Å². The molecular weight excluding hydrogens is 440 g/mol. The lowest BCUT2D eigenvalue weighted by molar-refractivity contribution is 0.205. The minimum atomic E-state index is -0.431. The van der Waals surface area contributed by atoms with Gasteiger partial charge in [-0.05, 0) is 25.8 Å². The highest BCUT2D eigenvalue weighted by molar-refractivity contribution is 7.18. The van der Waals surface area contributed by atoms with E-state index in [2.05, 4.69) is 25.5 Å². The fraction of sp³-hybridized carbons (Fsp3) is 0.400. The first kappa shape index (κ1) is 21.5. The molecule has 0 saturated heterocycles. The van der Waals surface area contributed by atoms with Gasteiger partial charge in [0.15, 0.2) is 0 Å². The number of ether oxygens (including phenoxy) is 2. The molecular formula is C20H23ClN6O3S. The molecule has 11 heteroatoms. The summed E-state index contributed by atoms with van der Waals surface area (Å²) in [5, 5.41) is 6.89. The van der Waals surface area contributed by atoms with Crippen LogP contribution in [0.25, 0.3) is 10.3 Å². The summed E-state index contributed by atoms with van der Waals surface area (Å²) in [6.45, 7) is 3.23. The van der Waals surface area contributed by atoms with Crippen LogP contribution in [-0.4, -0.2) is 54.4 Å². The number of anilines is 3. The van der Waals surface area contributed by atoms with E-state index in [9.17, 15) is 4.79 Å². The molecule has 1 saturated carbocycles. The van der Waals surface area contributed by atoms with Crippen molar-refractivity contribution in [3.05, 3.63) is 28.5 Å². The largest absolute Gasteiger partial charge is 0.480 e. The number of methoxy groups -OCH3 is 2. The van der Waals surface area contributed by atoms with E-state index in [-0.39, 0.29) is 0 Å². The SMILES string of the molecule is COCCN(c1c(NC(=O)Nc2cnc(OC)c(Cl)c2)cnc2sc(C)nc12)C1CC1. The molecule has 164 valence electrons. The Hall–Kier alpha value is -2.69. The standard InChI is InChI=1S/C20H23ClN6O3S/c1-11-24-16-17(27(6-7-29-2)13-4-5-13)15(10-23-19(16)31-11)26-20(28)25-12-8-14(21)18(30-3)22-9-12/h8-10,13H,4-7H2,1-3H3,(H2,25,26,28). The van der Waals surface area contributed by atoms with E-state index in [0.29, 0.717) is 41.5 Å². The van der Waals surface area contributed by atoms with Gasteiger partial charge < -0.3 is 25.0 Å². The number of thiazole rings is 1. The molecule has 0 aromatic carbocycles. The molecule has 9 nitrogen and oxygen atoms in total. The molecule has 3 heterocycles. The van der Waals surface area contributed by atoms with Gasteiger partial charge in [-0.25, -0.2) is 19.7 Å². The molecule has 0 unspecified atom stereocenters. The predicted molar refractivity (Wildman–Crippen MR) is 123 cm³/mol. The summed E-state index contributed by atoms with van der Waals surface area (Å²) >= 11 is 7.63. The second kappa shape index (κ2) is 9.21. The van der Waals surface area contributed by atoms with Crippen LogP contribution in [0.3, 0.4) is 0 Å². The topological polar surface area (TPSA) is 102 Å². The van der Waals surface area contributed by atoms with Crippen molar-refractivity contribution < 1.29 is 14.3 Å². The molecule has 0 aliphatic heterocycles. The second-order valence-electron chi connectivity index (χ2n) is 7.12. The van der Waals surface area contributed by atoms with Crippen molar-refractivity contribution in [1.82, 2.24) is 15.0 Å². The number of nitrogens with one attached hydrogen (secondary N) is 2. The molecule has 1 fully saturated rings. The molecule has 3 aromatic rings. The third kappa shape index (κ3) is 4.81. The molecule has 0 radical (unpaired) electrons. The minimum absolute atomic E-state index is 0.293. The smallest absolute Gasteiger partial charge is 0.323 e. The van der Waals surface area contributed by atoms with Crippen LogP contribution in [0, 0.1) is 6.92 Å². The number of carbonyl (C=O) groups is 1. The van der Waals surface area contributed by atoms with Crippen LogP contribution in [0.1, 0.15) is 17.8 Å². The predicted octanol–water partition coefficient (Wildman–Crippen LogP) is 4.32. The number of aryl methyl sites for hydroxylation is 1. The number of rotatable bonds is 8. The number of halogens is 1. The van der Waals surface area contributed by atoms with E-state index in [1.54, 1.807) is 19.4 Å². The Morgan fingerprint density at radius 3 is 2.77 bits per heavy atom. The number of pyridine rings is 2. The van der Waals surface area contributed by atoms with Crippen LogP contribution in [0.15, 0.2) is 18.5 Å². The maximum atomic E-state index is 12.8. The zero-order valence-electron chi connectivity index (χ0n) is 17.4. The van der Waals surface area contributed by atoms with Crippen LogP contribution in [0.4, 0.5) is 21.9 Å². The third-order valence-corrected chi connectivity index (χ3v) is 5.97. The average Bonchev–Trinajstić information content (AvgIpc) is 3.50. The number of amides is 2. The van der Waals surface area contributed by atoms with Crippen molar-refractivity contribution in [2.24, 2.45) is 0 Å². The number of aromatic nitrogens is 3. The fourth-order valence-corrected chi connectivity index (χ4v) is 4.34. The van der Waals surface area contributed by atoms with Gasteiger partial charge in [0.25, 0.3) is 0 Å². The number of hydrogen-bond donors (Lipinski definition) is 2. The number of fused-ring (bicyclic) bond motifs is 1. The van der Waals surface area contributed by atoms with Crippen LogP contribution in [-0.2, 0) is 4.74 Å². The molecule has 4 rings (SSSR count). The van der Waals surface area contributed by atoms with Gasteiger partial charge in [-0.1, -0.05) is 22.9 Å². The Morgan fingerprint density at radius 2 is 2.10 bits per heavy atom. The first-order valence-corrected chi connectivity index (χ1v) is 11.0. The summed E-state index contributed by atoms with van der Waals surface area (Å²) in [5.74, 6) is 0.293. The van der Waals surface area contributed by atoms with Crippen LogP contribution in [0.5, 0.6) is 5.88 Å². The zero-order chi connectivity index (χ0) is 22.0. The van der Waals surface area contributed by atoms with Gasteiger partial charge in [-0.15, -0.1) is 0 Å². The lowest BCUT2D eigenvalue weighted by Crippen LogP contribution is -2.31. The number of urea groups is 1. The summed E-state index contributed by atoms with van der Waals surface area (Å²) in [7, 11) is 3.16. The Kier molecular flexibility index (Phi) is 6.40. The summed E-state index contributed by atoms with van der Waals surface area (Å²) in [6.07, 6.45) is 5.35. The fourth-order valence-electron chi connectivity index (χ4n) is 3.33. The molecule has 0 atom stereocenters. The van der Waals surface area contributed by atoms with Gasteiger partial charge >= 0.3 is 6.03 Å². The summed E-state index contributed by atoms with van der Waals surface area (Å²) in [5.41, 5.74) is 2.69. The van der Waals surface area contributed by atoms with E-state index in [1.807, 2.05) is 6.92 Å². The molecule has 1 aliphatic carbocycles. The second-order valence-corrected chi connectivity index (χ2v) is 8.71. The lowest BCUT2D eigenvalue weighted by Gasteiger charge is -2.27. The number of nitrogens with zero attached hydrogens (tertiary/aromatic N) is 4. The molecule has 2 amide bonds. The Morgan fingerprint density at radius 1 is 1.29 bits per heavy atom. The van der Waals surface area contributed by atoms with Crippen molar-refractivity contribution in [2.75, 3.05) is 42.9 Å². The monoisotopic (exact) mass is 462 g/mol. The van der Waals surface area contributed by atoms with Gasteiger partial charge in [-0.3, -0.25) is 0 Å². The molecule has 1 aliphatic rings. The molecule has 0 bridgehead atoms. The molecule has 3 aromatic heterocycles. The average molecular weight is 463 g/mol. The highest BCUT2D eigenvalue weighted by Gasteiger charge is 2.32. The lowest BCUT2D eigenvalue weighted by atomic mass is 10.2. The Labute approximate surface area is 188 Å². The van der Waals surface area contributed by atoms with E-state index >= 15 is 0 Å². The molecule has 2 N–H and O–H groups in total. The Bertz CT molecular complexity index is 1100. The maximum Gasteiger partial charge on any atom is 0.323 e. The van der Waals surface area contributed by atoms with Gasteiger partial charge in [0, 0.05) is 19.7 Å². The first-order chi connectivity index (χ1) is 15.0. The minimum Gasteiger partial charge on any atom is -0.480 e. The molecule has 0 spiro atoms. The Balaban J connectivity index is 1.63. The van der Waals surface area contributed by atoms with Crippen LogP contribution in [0.2, 0.25) is 5.02 Å². The van der Waals surface area contributed by atoms with Crippen molar-refractivity contribution in [2.45, 2.75) is 25.8 Å². The quantitative estimate of drug-likeness (QED) is 0.514. The van der Waals surface area contributed by atoms with Gasteiger partial charge in [0.05, 0.1) is 48.2 Å². The summed E-state index contributed by atoms with van der Waals surface area (Å²) in [4.78, 5) is 29.1. The van der Waals surface area contributed by atoms with E-state index in [0.717, 1.165) is 33.9 Å². The first-order valence-electron chi connectivity index (χ1n) is 9.79. The zero-order valence-corrected chi connectivity index (χ0v) is 19.0.